The summed E-state index contributed by atoms with van der Waals surface area (Å²) in [6.45, 7) is 10.8. The molecule has 4 rings (SSSR count). The van der Waals surface area contributed by atoms with E-state index in [2.05, 4.69) is 19.2 Å². The first-order valence-corrected chi connectivity index (χ1v) is 13.0. The molecule has 2 aromatic rings. The third kappa shape index (κ3) is 4.29. The molecule has 2 atom stereocenters. The lowest BCUT2D eigenvalue weighted by Gasteiger charge is -2.29. The number of allylic oxidation sites excluding steroid dienone is 4. The highest BCUT2D eigenvalue weighted by Gasteiger charge is 2.56. The molecular weight excluding hydrogens is 506 g/mol. The lowest BCUT2D eigenvalue weighted by Crippen LogP contribution is -2.41. The molecule has 2 aliphatic rings. The Bertz CT molecular complexity index is 1420. The predicted octanol–water partition coefficient (Wildman–Crippen LogP) is 5.64. The molecular formula is C30H32ClNO6. The van der Waals surface area contributed by atoms with Crippen molar-refractivity contribution < 1.29 is 29.3 Å². The van der Waals surface area contributed by atoms with E-state index in [0.29, 0.717) is 23.2 Å². The van der Waals surface area contributed by atoms with Gasteiger partial charge >= 0.3 is 0 Å². The van der Waals surface area contributed by atoms with Gasteiger partial charge in [0.05, 0.1) is 11.1 Å². The number of rotatable bonds is 7. The lowest BCUT2D eigenvalue weighted by molar-refractivity contribution is -0.123. The van der Waals surface area contributed by atoms with Crippen molar-refractivity contribution in [1.82, 2.24) is 5.32 Å². The van der Waals surface area contributed by atoms with Crippen LogP contribution in [-0.2, 0) is 15.0 Å². The van der Waals surface area contributed by atoms with Gasteiger partial charge in [-0.15, -0.1) is 0 Å². The minimum atomic E-state index is -1.53. The zero-order chi connectivity index (χ0) is 28.1. The first-order chi connectivity index (χ1) is 17.8. The van der Waals surface area contributed by atoms with Crippen LogP contribution in [0.1, 0.15) is 74.0 Å². The summed E-state index contributed by atoms with van der Waals surface area (Å²) in [6, 6.07) is 7.76. The van der Waals surface area contributed by atoms with Crippen molar-refractivity contribution in [3.63, 3.8) is 0 Å². The predicted molar refractivity (Wildman–Crippen MR) is 145 cm³/mol. The van der Waals surface area contributed by atoms with Gasteiger partial charge in [-0.05, 0) is 63.6 Å². The zero-order valence-corrected chi connectivity index (χ0v) is 23.1. The highest BCUT2D eigenvalue weighted by atomic mass is 35.5. The standard InChI is InChI=1S/C30H32ClNO6/c1-14(2)20(18-7-9-19(31)10-8-18)11-12-32-16(4)23-21(34)13-22-30(6,29(23)37)25-27(36)15(3)26(35)24(17(5)33)28(25)38-22/h7-10,13-14,20,32,35-36H,11-12H2,1-6H3/b23-16+/t20?,30-/m0/s1. The molecule has 7 nitrogen and oxygen atoms in total. The first-order valence-electron chi connectivity index (χ1n) is 12.6. The van der Waals surface area contributed by atoms with Gasteiger partial charge in [0.2, 0.25) is 0 Å². The largest absolute Gasteiger partial charge is 0.507 e. The molecule has 200 valence electrons. The number of aromatic hydroxyl groups is 2. The maximum Gasteiger partial charge on any atom is 0.194 e. The van der Waals surface area contributed by atoms with Crippen molar-refractivity contribution in [2.24, 2.45) is 5.92 Å². The number of ether oxygens (including phenoxy) is 1. The molecule has 0 saturated heterocycles. The second kappa shape index (κ2) is 9.95. The lowest BCUT2D eigenvalue weighted by atomic mass is 9.70. The fourth-order valence-corrected chi connectivity index (χ4v) is 5.59. The molecule has 0 amide bonds. The Morgan fingerprint density at radius 3 is 2.32 bits per heavy atom. The van der Waals surface area contributed by atoms with Crippen LogP contribution in [0, 0.1) is 12.8 Å². The van der Waals surface area contributed by atoms with E-state index in [9.17, 15) is 24.6 Å². The number of phenols is 2. The summed E-state index contributed by atoms with van der Waals surface area (Å²) in [5, 5.41) is 25.4. The minimum Gasteiger partial charge on any atom is -0.507 e. The number of Topliss-reactive ketones (excluding diaryl/α,β-unsaturated/α-hetero) is 2. The Morgan fingerprint density at radius 2 is 1.74 bits per heavy atom. The molecule has 1 aliphatic heterocycles. The molecule has 0 aromatic heterocycles. The molecule has 2 aromatic carbocycles. The number of phenolic OH excluding ortho intramolecular Hbond substituents is 2. The number of ketones is 3. The number of carbonyl (C=O) groups excluding carboxylic acids is 3. The summed E-state index contributed by atoms with van der Waals surface area (Å²) in [7, 11) is 0. The van der Waals surface area contributed by atoms with Gasteiger partial charge in [0.25, 0.3) is 0 Å². The van der Waals surface area contributed by atoms with Gasteiger partial charge in [0, 0.05) is 28.9 Å². The summed E-state index contributed by atoms with van der Waals surface area (Å²) < 4.78 is 5.81. The van der Waals surface area contributed by atoms with Crippen LogP contribution < -0.4 is 10.1 Å². The third-order valence-corrected chi connectivity index (χ3v) is 7.96. The molecule has 0 spiro atoms. The first kappa shape index (κ1) is 27.5. The Labute approximate surface area is 227 Å². The van der Waals surface area contributed by atoms with Gasteiger partial charge < -0.3 is 20.3 Å². The number of fused-ring (bicyclic) bond motifs is 3. The Morgan fingerprint density at radius 1 is 1.11 bits per heavy atom. The molecule has 1 aliphatic carbocycles. The highest BCUT2D eigenvalue weighted by Crippen LogP contribution is 2.57. The van der Waals surface area contributed by atoms with E-state index in [1.165, 1.54) is 19.9 Å². The van der Waals surface area contributed by atoms with Gasteiger partial charge in [-0.2, -0.15) is 0 Å². The Balaban J connectivity index is 1.67. The van der Waals surface area contributed by atoms with Crippen molar-refractivity contribution in [3.8, 4) is 17.2 Å². The molecule has 38 heavy (non-hydrogen) atoms. The summed E-state index contributed by atoms with van der Waals surface area (Å²) in [5.41, 5.74) is 0.0330. The van der Waals surface area contributed by atoms with Crippen molar-refractivity contribution in [2.45, 2.75) is 59.3 Å². The van der Waals surface area contributed by atoms with Gasteiger partial charge in [-0.1, -0.05) is 37.6 Å². The molecule has 0 bridgehead atoms. The number of halogens is 1. The molecule has 0 saturated carbocycles. The SMILES string of the molecule is CC(=O)c1c(O)c(C)c(O)c2c1OC1=CC(=O)/C(=C(/C)NCCC(c3ccc(Cl)cc3)C(C)C)C(=O)[C@@]12C. The molecule has 8 heteroatoms. The Kier molecular flexibility index (Phi) is 7.19. The zero-order valence-electron chi connectivity index (χ0n) is 22.4. The van der Waals surface area contributed by atoms with Crippen LogP contribution in [-0.4, -0.2) is 34.1 Å². The summed E-state index contributed by atoms with van der Waals surface area (Å²) in [5.74, 6) is -1.79. The molecule has 0 radical (unpaired) electrons. The van der Waals surface area contributed by atoms with E-state index in [4.69, 9.17) is 16.3 Å². The summed E-state index contributed by atoms with van der Waals surface area (Å²) in [4.78, 5) is 39.4. The minimum absolute atomic E-state index is 0.0180. The van der Waals surface area contributed by atoms with Crippen LogP contribution in [0.4, 0.5) is 0 Å². The number of hydrogen-bond donors (Lipinski definition) is 3. The second-order valence-corrected chi connectivity index (χ2v) is 10.9. The second-order valence-electron chi connectivity index (χ2n) is 10.5. The summed E-state index contributed by atoms with van der Waals surface area (Å²) in [6.07, 6.45) is 1.99. The van der Waals surface area contributed by atoms with Crippen LogP contribution in [0.3, 0.4) is 0 Å². The smallest absolute Gasteiger partial charge is 0.194 e. The molecule has 0 fully saturated rings. The van der Waals surface area contributed by atoms with Crippen LogP contribution in [0.25, 0.3) is 0 Å². The van der Waals surface area contributed by atoms with Crippen molar-refractivity contribution in [1.29, 1.82) is 0 Å². The maximum absolute atomic E-state index is 13.9. The molecule has 1 unspecified atom stereocenters. The molecule has 1 heterocycles. The van der Waals surface area contributed by atoms with E-state index >= 15 is 0 Å². The average Bonchev–Trinajstić information content (AvgIpc) is 3.13. The van der Waals surface area contributed by atoms with Gasteiger partial charge in [-0.3, -0.25) is 14.4 Å². The topological polar surface area (TPSA) is 113 Å². The van der Waals surface area contributed by atoms with E-state index < -0.39 is 28.5 Å². The normalized spacial score (nSPS) is 20.5. The highest BCUT2D eigenvalue weighted by molar-refractivity contribution is 6.31. The monoisotopic (exact) mass is 537 g/mol. The number of hydrogen-bond acceptors (Lipinski definition) is 7. The quantitative estimate of drug-likeness (QED) is 0.238. The fraction of sp³-hybridized carbons (Fsp3) is 0.367. The number of nitrogens with one attached hydrogen (secondary N) is 1. The summed E-state index contributed by atoms with van der Waals surface area (Å²) >= 11 is 6.05. The van der Waals surface area contributed by atoms with E-state index in [-0.39, 0.29) is 45.4 Å². The fourth-order valence-electron chi connectivity index (χ4n) is 5.46. The van der Waals surface area contributed by atoms with E-state index in [0.717, 1.165) is 12.0 Å². The van der Waals surface area contributed by atoms with Crippen molar-refractivity contribution >= 4 is 29.0 Å². The number of carbonyl (C=O) groups is 3. The Hall–Kier alpha value is -3.58. The van der Waals surface area contributed by atoms with Gasteiger partial charge in [0.1, 0.15) is 34.0 Å². The number of benzene rings is 2. The van der Waals surface area contributed by atoms with Gasteiger partial charge in [0.15, 0.2) is 17.3 Å². The molecule has 3 N–H and O–H groups in total. The van der Waals surface area contributed by atoms with Gasteiger partial charge in [-0.25, -0.2) is 0 Å². The van der Waals surface area contributed by atoms with Crippen LogP contribution in [0.15, 0.2) is 47.4 Å². The van der Waals surface area contributed by atoms with Crippen LogP contribution in [0.5, 0.6) is 17.2 Å². The third-order valence-electron chi connectivity index (χ3n) is 7.71. The van der Waals surface area contributed by atoms with Crippen LogP contribution in [0.2, 0.25) is 5.02 Å². The van der Waals surface area contributed by atoms with Crippen LogP contribution >= 0.6 is 11.6 Å². The maximum atomic E-state index is 13.9. The average molecular weight is 538 g/mol. The van der Waals surface area contributed by atoms with E-state index in [1.807, 2.05) is 24.3 Å². The van der Waals surface area contributed by atoms with E-state index in [1.54, 1.807) is 13.8 Å². The van der Waals surface area contributed by atoms with Crippen molar-refractivity contribution in [2.75, 3.05) is 6.54 Å². The van der Waals surface area contributed by atoms with Crippen molar-refractivity contribution in [3.05, 3.63) is 74.6 Å².